The monoisotopic (exact) mass is 554 g/mol. The van der Waals surface area contributed by atoms with E-state index in [1.807, 2.05) is 48.2 Å². The lowest BCUT2D eigenvalue weighted by Gasteiger charge is -2.29. The van der Waals surface area contributed by atoms with E-state index >= 15 is 0 Å². The Morgan fingerprint density at radius 2 is 2.00 bits per heavy atom. The summed E-state index contributed by atoms with van der Waals surface area (Å²) in [5.74, 6) is 1.26. The molecule has 0 amide bonds. The van der Waals surface area contributed by atoms with Gasteiger partial charge in [-0.25, -0.2) is 9.38 Å². The average Bonchev–Trinajstić information content (AvgIpc) is 2.80. The highest BCUT2D eigenvalue weighted by Gasteiger charge is 2.15. The van der Waals surface area contributed by atoms with Crippen molar-refractivity contribution in [2.45, 2.75) is 20.0 Å². The number of para-hydroxylation sites is 1. The fourth-order valence-corrected chi connectivity index (χ4v) is 3.34. The Morgan fingerprint density at radius 1 is 1.22 bits per heavy atom. The second kappa shape index (κ2) is 13.9. The molecule has 174 valence electrons. The van der Waals surface area contributed by atoms with Gasteiger partial charge in [-0.05, 0) is 30.7 Å². The van der Waals surface area contributed by atoms with Crippen molar-refractivity contribution in [1.29, 1.82) is 0 Å². The van der Waals surface area contributed by atoms with E-state index in [4.69, 9.17) is 9.47 Å². The van der Waals surface area contributed by atoms with Gasteiger partial charge in [-0.15, -0.1) is 24.0 Å². The largest absolute Gasteiger partial charge is 0.489 e. The summed E-state index contributed by atoms with van der Waals surface area (Å²) in [5, 5.41) is 6.55. The molecule has 1 heterocycles. The molecule has 0 aliphatic carbocycles. The molecule has 2 aromatic rings. The molecule has 0 unspecified atom stereocenters. The quantitative estimate of drug-likeness (QED) is 0.212. The molecule has 32 heavy (non-hydrogen) atoms. The number of benzene rings is 2. The van der Waals surface area contributed by atoms with E-state index in [0.29, 0.717) is 57.6 Å². The smallest absolute Gasteiger partial charge is 0.191 e. The first-order valence-electron chi connectivity index (χ1n) is 10.7. The molecule has 1 saturated heterocycles. The normalized spacial score (nSPS) is 13.8. The standard InChI is InChI=1S/C24H31FN4O2.HI/c1-3-13-31-23-8-6-5-7-20(23)18-28-24(26-4-2)27-17-19-9-10-22(21(25)16-19)29-11-14-30-15-12-29;/h3,5-10,16H,1,4,11-15,17-18H2,2H3,(H2,26,27,28);1H. The molecule has 1 aliphatic heterocycles. The van der Waals surface area contributed by atoms with Gasteiger partial charge in [-0.2, -0.15) is 0 Å². The summed E-state index contributed by atoms with van der Waals surface area (Å²) in [7, 11) is 0. The van der Waals surface area contributed by atoms with Gasteiger partial charge in [0.25, 0.3) is 0 Å². The molecular weight excluding hydrogens is 522 g/mol. The van der Waals surface area contributed by atoms with Crippen LogP contribution in [0.1, 0.15) is 18.1 Å². The number of nitrogens with zero attached hydrogens (tertiary/aromatic N) is 2. The molecule has 0 bridgehead atoms. The molecule has 0 atom stereocenters. The maximum Gasteiger partial charge on any atom is 0.191 e. The lowest BCUT2D eigenvalue weighted by atomic mass is 10.1. The zero-order chi connectivity index (χ0) is 21.9. The van der Waals surface area contributed by atoms with E-state index in [0.717, 1.165) is 23.4 Å². The molecule has 1 aliphatic rings. The fraction of sp³-hybridized carbons (Fsp3) is 0.375. The minimum atomic E-state index is -0.221. The number of halogens is 2. The maximum absolute atomic E-state index is 14.6. The van der Waals surface area contributed by atoms with Crippen molar-refractivity contribution in [3.05, 3.63) is 72.1 Å². The number of guanidine groups is 1. The predicted molar refractivity (Wildman–Crippen MR) is 139 cm³/mol. The third kappa shape index (κ3) is 7.67. The third-order valence-corrected chi connectivity index (χ3v) is 4.90. The van der Waals surface area contributed by atoms with Gasteiger partial charge in [0.1, 0.15) is 18.2 Å². The lowest BCUT2D eigenvalue weighted by molar-refractivity contribution is 0.122. The van der Waals surface area contributed by atoms with Crippen LogP contribution in [0.4, 0.5) is 10.1 Å². The predicted octanol–water partition coefficient (Wildman–Crippen LogP) is 4.10. The van der Waals surface area contributed by atoms with E-state index in [2.05, 4.69) is 22.2 Å². The van der Waals surface area contributed by atoms with E-state index < -0.39 is 0 Å². The van der Waals surface area contributed by atoms with Crippen LogP contribution in [0.25, 0.3) is 0 Å². The summed E-state index contributed by atoms with van der Waals surface area (Å²) >= 11 is 0. The molecule has 0 radical (unpaired) electrons. The van der Waals surface area contributed by atoms with E-state index in [1.165, 1.54) is 0 Å². The summed E-state index contributed by atoms with van der Waals surface area (Å²) < 4.78 is 25.7. The van der Waals surface area contributed by atoms with E-state index in [-0.39, 0.29) is 29.8 Å². The van der Waals surface area contributed by atoms with Crippen LogP contribution in [0.5, 0.6) is 5.75 Å². The van der Waals surface area contributed by atoms with Crippen molar-refractivity contribution in [2.75, 3.05) is 44.4 Å². The Morgan fingerprint density at radius 3 is 2.72 bits per heavy atom. The Bertz CT molecular complexity index is 888. The Hall–Kier alpha value is -2.33. The fourth-order valence-electron chi connectivity index (χ4n) is 3.34. The molecule has 0 saturated carbocycles. The Kier molecular flexibility index (Phi) is 11.3. The number of ether oxygens (including phenoxy) is 2. The number of morpholine rings is 1. The number of anilines is 1. The summed E-state index contributed by atoms with van der Waals surface area (Å²) in [6.45, 7) is 10.5. The van der Waals surface area contributed by atoms with Crippen molar-refractivity contribution >= 4 is 35.6 Å². The molecule has 6 nitrogen and oxygen atoms in total. The molecule has 8 heteroatoms. The minimum absolute atomic E-state index is 0. The SMILES string of the molecule is C=CCOc1ccccc1CNC(=NCc1ccc(N2CCOCC2)c(F)c1)NCC.I. The van der Waals surface area contributed by atoms with Gasteiger partial charge < -0.3 is 25.0 Å². The van der Waals surface area contributed by atoms with Crippen molar-refractivity contribution in [3.8, 4) is 5.75 Å². The second-order valence-corrected chi connectivity index (χ2v) is 7.14. The highest BCUT2D eigenvalue weighted by Crippen LogP contribution is 2.22. The molecule has 0 spiro atoms. The molecule has 3 rings (SSSR count). The Balaban J connectivity index is 0.00000363. The van der Waals surface area contributed by atoms with Gasteiger partial charge in [0, 0.05) is 31.7 Å². The number of hydrogen-bond acceptors (Lipinski definition) is 4. The highest BCUT2D eigenvalue weighted by molar-refractivity contribution is 14.0. The van der Waals surface area contributed by atoms with Gasteiger partial charge in [-0.3, -0.25) is 0 Å². The molecule has 0 aromatic heterocycles. The number of aliphatic imine (C=N–C) groups is 1. The van der Waals surface area contributed by atoms with Crippen LogP contribution < -0.4 is 20.3 Å². The average molecular weight is 554 g/mol. The van der Waals surface area contributed by atoms with Crippen molar-refractivity contribution in [2.24, 2.45) is 4.99 Å². The lowest BCUT2D eigenvalue weighted by Crippen LogP contribution is -2.37. The van der Waals surface area contributed by atoms with Crippen molar-refractivity contribution < 1.29 is 13.9 Å². The van der Waals surface area contributed by atoms with Crippen molar-refractivity contribution in [1.82, 2.24) is 10.6 Å². The topological polar surface area (TPSA) is 58.1 Å². The van der Waals surface area contributed by atoms with Gasteiger partial charge in [0.05, 0.1) is 25.4 Å². The highest BCUT2D eigenvalue weighted by atomic mass is 127. The van der Waals surface area contributed by atoms with Crippen LogP contribution in [0.2, 0.25) is 0 Å². The van der Waals surface area contributed by atoms with Crippen LogP contribution in [0, 0.1) is 5.82 Å². The van der Waals surface area contributed by atoms with Gasteiger partial charge >= 0.3 is 0 Å². The number of hydrogen-bond donors (Lipinski definition) is 2. The minimum Gasteiger partial charge on any atom is -0.489 e. The Labute approximate surface area is 206 Å². The first kappa shape index (κ1) is 25.9. The summed E-state index contributed by atoms with van der Waals surface area (Å²) in [4.78, 5) is 6.63. The van der Waals surface area contributed by atoms with E-state index in [1.54, 1.807) is 12.1 Å². The molecule has 2 N–H and O–H groups in total. The summed E-state index contributed by atoms with van der Waals surface area (Å²) in [6, 6.07) is 13.2. The van der Waals surface area contributed by atoms with Crippen LogP contribution in [0.15, 0.2) is 60.1 Å². The van der Waals surface area contributed by atoms with Crippen LogP contribution in [-0.2, 0) is 17.8 Å². The number of nitrogens with one attached hydrogen (secondary N) is 2. The zero-order valence-electron chi connectivity index (χ0n) is 18.5. The first-order chi connectivity index (χ1) is 15.2. The first-order valence-corrected chi connectivity index (χ1v) is 10.7. The van der Waals surface area contributed by atoms with Gasteiger partial charge in [0.2, 0.25) is 0 Å². The third-order valence-electron chi connectivity index (χ3n) is 4.90. The number of rotatable bonds is 9. The van der Waals surface area contributed by atoms with Crippen LogP contribution in [0.3, 0.4) is 0 Å². The zero-order valence-corrected chi connectivity index (χ0v) is 20.8. The summed E-state index contributed by atoms with van der Waals surface area (Å²) in [6.07, 6.45) is 1.72. The maximum atomic E-state index is 14.6. The summed E-state index contributed by atoms with van der Waals surface area (Å²) in [5.41, 5.74) is 2.47. The van der Waals surface area contributed by atoms with Crippen LogP contribution >= 0.6 is 24.0 Å². The second-order valence-electron chi connectivity index (χ2n) is 7.14. The van der Waals surface area contributed by atoms with Crippen LogP contribution in [-0.4, -0.2) is 45.4 Å². The molecule has 2 aromatic carbocycles. The molecular formula is C24H32FIN4O2. The molecule has 1 fully saturated rings. The van der Waals surface area contributed by atoms with Gasteiger partial charge in [-0.1, -0.05) is 36.9 Å². The van der Waals surface area contributed by atoms with Gasteiger partial charge in [0.15, 0.2) is 5.96 Å². The van der Waals surface area contributed by atoms with Crippen molar-refractivity contribution in [3.63, 3.8) is 0 Å². The van der Waals surface area contributed by atoms with E-state index in [9.17, 15) is 4.39 Å².